The molecule has 440 valence electrons. The fraction of sp³-hybridized carbons (Fsp3) is 0.964. The maximum absolute atomic E-state index is 11.5. The summed E-state index contributed by atoms with van der Waals surface area (Å²) in [5.41, 5.74) is 1.50. The summed E-state index contributed by atoms with van der Waals surface area (Å²) >= 11 is 0. The molecule has 22 heteroatoms. The fourth-order valence-corrected chi connectivity index (χ4v) is 16.4. The summed E-state index contributed by atoms with van der Waals surface area (Å²) in [7, 11) is 6.28. The second kappa shape index (κ2) is 22.1. The molecule has 2 bridgehead atoms. The van der Waals surface area contributed by atoms with Gasteiger partial charge in [0.25, 0.3) is 0 Å². The molecule has 31 unspecified atom stereocenters. The molecule has 11 rings (SSSR count). The number of aliphatic hydroxyl groups excluding tert-OH is 5. The summed E-state index contributed by atoms with van der Waals surface area (Å²) in [6.45, 7) is 14.4. The van der Waals surface area contributed by atoms with Gasteiger partial charge in [-0.15, -0.1) is 0 Å². The van der Waals surface area contributed by atoms with Crippen molar-refractivity contribution >= 4 is 0 Å². The number of hydrogen-bond donors (Lipinski definition) is 5. The molecule has 0 spiro atoms. The number of aliphatic hydroxyl groups is 5. The van der Waals surface area contributed by atoms with E-state index in [0.29, 0.717) is 31.3 Å². The van der Waals surface area contributed by atoms with Crippen molar-refractivity contribution in [2.75, 3.05) is 41.7 Å². The molecule has 0 amide bonds. The van der Waals surface area contributed by atoms with Crippen LogP contribution in [0.2, 0.25) is 0 Å². The molecular weight excluding hydrogens is 1010 g/mol. The van der Waals surface area contributed by atoms with Crippen LogP contribution in [-0.4, -0.2) is 226 Å². The van der Waals surface area contributed by atoms with Gasteiger partial charge in [-0.1, -0.05) is 25.5 Å². The molecule has 0 aromatic heterocycles. The second-order valence-electron chi connectivity index (χ2n) is 24.6. The molecule has 31 atom stereocenters. The highest BCUT2D eigenvalue weighted by molar-refractivity contribution is 5.30. The van der Waals surface area contributed by atoms with Gasteiger partial charge in [-0.2, -0.15) is 0 Å². The van der Waals surface area contributed by atoms with Gasteiger partial charge < -0.3 is 106 Å². The Balaban J connectivity index is 0.658. The van der Waals surface area contributed by atoms with Crippen molar-refractivity contribution in [2.45, 2.75) is 265 Å². The van der Waals surface area contributed by atoms with Gasteiger partial charge in [0.2, 0.25) is 0 Å². The molecule has 8 heterocycles. The fourth-order valence-electron chi connectivity index (χ4n) is 16.4. The lowest BCUT2D eigenvalue weighted by Crippen LogP contribution is -2.65. The lowest BCUT2D eigenvalue weighted by molar-refractivity contribution is -0.374. The smallest absolute Gasteiger partial charge is 0.187 e. The molecule has 0 radical (unpaired) electrons. The first-order valence-electron chi connectivity index (χ1n) is 28.4. The Morgan fingerprint density at radius 1 is 0.584 bits per heavy atom. The SMILES string of the molecule is COC1CC(OC2CCC3(C)C(=CCC4C3CCC3(C)C5C6COC5(C)OC43O6)C2)OC(C)C1OC1CC(OC)C(OC2CC(OC)C(OC3OC(C)C(OC4OC(CO)C(O)C(O)C4O)C(OC)C3O)C(C)O2)C(C)O1. The second-order valence-corrected chi connectivity index (χ2v) is 24.6. The van der Waals surface area contributed by atoms with E-state index >= 15 is 0 Å². The van der Waals surface area contributed by atoms with Crippen LogP contribution in [0.25, 0.3) is 0 Å². The van der Waals surface area contributed by atoms with Crippen LogP contribution in [0.4, 0.5) is 0 Å². The third kappa shape index (κ3) is 9.75. The van der Waals surface area contributed by atoms with E-state index in [2.05, 4.69) is 26.8 Å². The van der Waals surface area contributed by atoms with Gasteiger partial charge in [-0.25, -0.2) is 0 Å². The lowest BCUT2D eigenvalue weighted by Gasteiger charge is -2.59. The monoisotopic (exact) mass is 1100 g/mol. The van der Waals surface area contributed by atoms with E-state index in [0.717, 1.165) is 32.1 Å². The van der Waals surface area contributed by atoms with Crippen molar-refractivity contribution in [2.24, 2.45) is 28.6 Å². The standard InChI is InChI=1S/C55H88O22/c1-24-44(32(61-8)19-37(66-24)70-29-14-16-52(5)28(18-29)12-13-31-30(52)15-17-53(6)49-36-23-65-54(49,7)77-55(31,53)76-36)72-38-20-33(62-9)45(25(2)67-38)73-39-21-34(63-10)46(26(3)68-39)74-51-43(60)48(64-11)47(27(4)69-51)75-50-42(59)41(58)40(57)35(22-56)71-50/h12,24-27,29-51,56-60H,13-23H2,1-11H3. The van der Waals surface area contributed by atoms with Gasteiger partial charge in [0, 0.05) is 59.0 Å². The van der Waals surface area contributed by atoms with E-state index in [-0.39, 0.29) is 47.6 Å². The van der Waals surface area contributed by atoms with Crippen LogP contribution in [0, 0.1) is 28.6 Å². The Bertz CT molecular complexity index is 2070. The number of allylic oxidation sites excluding steroid dienone is 1. The van der Waals surface area contributed by atoms with Crippen molar-refractivity contribution in [1.82, 2.24) is 0 Å². The van der Waals surface area contributed by atoms with Gasteiger partial charge in [-0.3, -0.25) is 0 Å². The van der Waals surface area contributed by atoms with Crippen LogP contribution in [-0.2, 0) is 80.5 Å². The summed E-state index contributed by atoms with van der Waals surface area (Å²) < 4.78 is 108. The van der Waals surface area contributed by atoms with Crippen molar-refractivity contribution in [1.29, 1.82) is 0 Å². The van der Waals surface area contributed by atoms with Gasteiger partial charge in [0.1, 0.15) is 61.0 Å². The molecule has 11 aliphatic rings. The highest BCUT2D eigenvalue weighted by Crippen LogP contribution is 2.76. The van der Waals surface area contributed by atoms with Crippen molar-refractivity contribution in [3.63, 3.8) is 0 Å². The van der Waals surface area contributed by atoms with Crippen LogP contribution in [0.15, 0.2) is 11.6 Å². The average Bonchev–Trinajstić information content (AvgIpc) is 3.98. The first kappa shape index (κ1) is 57.7. The zero-order valence-electron chi connectivity index (χ0n) is 46.6. The normalized spacial score (nSPS) is 56.3. The third-order valence-corrected chi connectivity index (χ3v) is 20.4. The van der Waals surface area contributed by atoms with Gasteiger partial charge in [-0.05, 0) is 84.5 Å². The summed E-state index contributed by atoms with van der Waals surface area (Å²) in [6.07, 6.45) is -9.51. The van der Waals surface area contributed by atoms with E-state index in [1.165, 1.54) is 19.1 Å². The molecule has 8 aliphatic heterocycles. The van der Waals surface area contributed by atoms with Gasteiger partial charge in [0.15, 0.2) is 43.0 Å². The van der Waals surface area contributed by atoms with E-state index in [4.69, 9.17) is 80.5 Å². The molecule has 8 saturated heterocycles. The highest BCUT2D eigenvalue weighted by Gasteiger charge is 2.83. The first-order chi connectivity index (χ1) is 36.7. The van der Waals surface area contributed by atoms with E-state index in [1.54, 1.807) is 28.3 Å². The van der Waals surface area contributed by atoms with Crippen molar-refractivity contribution < 1.29 is 106 Å². The molecule has 77 heavy (non-hydrogen) atoms. The Labute approximate surface area is 452 Å². The Morgan fingerprint density at radius 2 is 1.14 bits per heavy atom. The number of ether oxygens (including phenoxy) is 17. The van der Waals surface area contributed by atoms with Gasteiger partial charge in [0.05, 0.1) is 74.1 Å². The van der Waals surface area contributed by atoms with E-state index in [1.807, 2.05) is 20.8 Å². The maximum atomic E-state index is 11.5. The number of methoxy groups -OCH3 is 4. The summed E-state index contributed by atoms with van der Waals surface area (Å²) in [5.74, 6) is -0.109. The maximum Gasteiger partial charge on any atom is 0.187 e. The van der Waals surface area contributed by atoms with Crippen LogP contribution in [0.3, 0.4) is 0 Å². The minimum atomic E-state index is -1.66. The number of rotatable bonds is 15. The van der Waals surface area contributed by atoms with Crippen LogP contribution < -0.4 is 0 Å². The molecule has 2 saturated carbocycles. The van der Waals surface area contributed by atoms with E-state index in [9.17, 15) is 25.5 Å². The van der Waals surface area contributed by atoms with Crippen LogP contribution in [0.1, 0.15) is 106 Å². The van der Waals surface area contributed by atoms with E-state index < -0.39 is 141 Å². The zero-order chi connectivity index (χ0) is 54.7. The van der Waals surface area contributed by atoms with Crippen molar-refractivity contribution in [3.8, 4) is 0 Å². The predicted octanol–water partition coefficient (Wildman–Crippen LogP) is 2.32. The average molecular weight is 1100 g/mol. The molecule has 3 aliphatic carbocycles. The minimum Gasteiger partial charge on any atom is -0.394 e. The van der Waals surface area contributed by atoms with Crippen LogP contribution >= 0.6 is 0 Å². The summed E-state index contributed by atoms with van der Waals surface area (Å²) in [5, 5.41) is 52.4. The lowest BCUT2D eigenvalue weighted by atomic mass is 9.48. The minimum absolute atomic E-state index is 0.0249. The molecule has 5 N–H and O–H groups in total. The number of hydrogen-bond acceptors (Lipinski definition) is 22. The van der Waals surface area contributed by atoms with Crippen LogP contribution in [0.5, 0.6) is 0 Å². The van der Waals surface area contributed by atoms with Crippen molar-refractivity contribution in [3.05, 3.63) is 11.6 Å². The highest BCUT2D eigenvalue weighted by atomic mass is 16.8. The number of fused-ring (bicyclic) bond motifs is 3. The quantitative estimate of drug-likeness (QED) is 0.148. The predicted molar refractivity (Wildman–Crippen MR) is 264 cm³/mol. The summed E-state index contributed by atoms with van der Waals surface area (Å²) in [4.78, 5) is 0. The first-order valence-corrected chi connectivity index (χ1v) is 28.4. The summed E-state index contributed by atoms with van der Waals surface area (Å²) in [6, 6.07) is 0. The van der Waals surface area contributed by atoms with Gasteiger partial charge >= 0.3 is 0 Å². The molecule has 0 aromatic carbocycles. The molecule has 22 nitrogen and oxygen atoms in total. The molecule has 0 aromatic rings. The molecular formula is C55H88O22. The topological polar surface area (TPSA) is 258 Å². The zero-order valence-corrected chi connectivity index (χ0v) is 46.6. The Morgan fingerprint density at radius 3 is 1.71 bits per heavy atom. The Hall–Kier alpha value is -1.14. The third-order valence-electron chi connectivity index (χ3n) is 20.4. The largest absolute Gasteiger partial charge is 0.394 e. The molecule has 10 fully saturated rings. The Kier molecular flexibility index (Phi) is 16.6.